The van der Waals surface area contributed by atoms with Crippen LogP contribution in [0.15, 0.2) is 65.4 Å². The van der Waals surface area contributed by atoms with Crippen LogP contribution < -0.4 is 4.74 Å². The zero-order valence-corrected chi connectivity index (χ0v) is 21.8. The van der Waals surface area contributed by atoms with Crippen molar-refractivity contribution in [3.63, 3.8) is 0 Å². The summed E-state index contributed by atoms with van der Waals surface area (Å²) >= 11 is 1.77. The minimum Gasteiger partial charge on any atom is -0.489 e. The first kappa shape index (κ1) is 26.0. The zero-order chi connectivity index (χ0) is 25.2. The highest BCUT2D eigenvalue weighted by atomic mass is 32.1. The molecule has 1 fully saturated rings. The molecule has 1 atom stereocenters. The lowest BCUT2D eigenvalue weighted by Gasteiger charge is -2.34. The summed E-state index contributed by atoms with van der Waals surface area (Å²) in [5.41, 5.74) is 4.77. The number of thiophene rings is 1. The summed E-state index contributed by atoms with van der Waals surface area (Å²) in [6.45, 7) is 4.18. The van der Waals surface area contributed by atoms with Crippen molar-refractivity contribution >= 4 is 17.3 Å². The van der Waals surface area contributed by atoms with Crippen molar-refractivity contribution in [3.8, 4) is 17.6 Å². The largest absolute Gasteiger partial charge is 0.489 e. The summed E-state index contributed by atoms with van der Waals surface area (Å²) in [7, 11) is 0. The molecule has 0 amide bonds. The molecule has 0 spiro atoms. The smallest absolute Gasteiger partial charge is 0.304 e. The van der Waals surface area contributed by atoms with Crippen molar-refractivity contribution in [2.75, 3.05) is 0 Å². The van der Waals surface area contributed by atoms with E-state index in [2.05, 4.69) is 57.8 Å². The molecule has 1 saturated carbocycles. The standard InChI is InChI=1S/C31H35NO3S/c1-2-7-28(19-31(33)34)27-12-14-30(15-13-27)35-22-25-9-6-8-24(18-25)20-32(21-26-16-17-36-23-26)29-10-4-3-5-11-29/h6,8-9,12-18,23,28-29H,3-5,10-11,19-22H2,1H3,(H,33,34)/t28-/m0/s1. The molecule has 1 aliphatic carbocycles. The van der Waals surface area contributed by atoms with Crippen LogP contribution in [0.4, 0.5) is 0 Å². The van der Waals surface area contributed by atoms with Gasteiger partial charge in [-0.3, -0.25) is 9.69 Å². The van der Waals surface area contributed by atoms with Crippen molar-refractivity contribution in [1.29, 1.82) is 0 Å². The van der Waals surface area contributed by atoms with Crippen molar-refractivity contribution in [3.05, 3.63) is 87.6 Å². The molecule has 0 aliphatic heterocycles. The van der Waals surface area contributed by atoms with Gasteiger partial charge in [-0.2, -0.15) is 11.3 Å². The monoisotopic (exact) mass is 501 g/mol. The molecule has 1 aromatic heterocycles. The Morgan fingerprint density at radius 1 is 1.06 bits per heavy atom. The van der Waals surface area contributed by atoms with Crippen LogP contribution in [0.2, 0.25) is 0 Å². The second kappa shape index (κ2) is 13.3. The van der Waals surface area contributed by atoms with E-state index in [0.717, 1.165) is 30.0 Å². The van der Waals surface area contributed by atoms with Crippen molar-refractivity contribution in [2.24, 2.45) is 0 Å². The number of ether oxygens (including phenoxy) is 1. The molecule has 0 saturated heterocycles. The van der Waals surface area contributed by atoms with Crippen LogP contribution in [-0.4, -0.2) is 22.0 Å². The van der Waals surface area contributed by atoms with E-state index < -0.39 is 5.97 Å². The van der Waals surface area contributed by atoms with E-state index >= 15 is 0 Å². The number of carboxylic acids is 1. The van der Waals surface area contributed by atoms with E-state index in [4.69, 9.17) is 9.84 Å². The van der Waals surface area contributed by atoms with Gasteiger partial charge in [0.05, 0.1) is 12.3 Å². The van der Waals surface area contributed by atoms with Gasteiger partial charge in [-0.15, -0.1) is 5.92 Å². The first-order valence-electron chi connectivity index (χ1n) is 12.8. The Labute approximate surface area is 218 Å². The Bertz CT molecular complexity index is 1150. The first-order valence-corrected chi connectivity index (χ1v) is 13.7. The van der Waals surface area contributed by atoms with Gasteiger partial charge in [-0.1, -0.05) is 61.6 Å². The third kappa shape index (κ3) is 7.71. The maximum atomic E-state index is 11.2. The highest BCUT2D eigenvalue weighted by molar-refractivity contribution is 7.07. The number of hydrogen-bond acceptors (Lipinski definition) is 4. The molecule has 36 heavy (non-hydrogen) atoms. The van der Waals surface area contributed by atoms with Gasteiger partial charge in [0.15, 0.2) is 0 Å². The van der Waals surface area contributed by atoms with E-state index in [1.807, 2.05) is 24.3 Å². The number of nitrogens with zero attached hydrogens (tertiary/aromatic N) is 1. The van der Waals surface area contributed by atoms with Gasteiger partial charge in [0.25, 0.3) is 0 Å². The maximum Gasteiger partial charge on any atom is 0.304 e. The second-order valence-electron chi connectivity index (χ2n) is 9.55. The van der Waals surface area contributed by atoms with Crippen LogP contribution in [-0.2, 0) is 24.5 Å². The first-order chi connectivity index (χ1) is 17.6. The number of carbonyl (C=O) groups is 1. The van der Waals surface area contributed by atoms with Crippen molar-refractivity contribution < 1.29 is 14.6 Å². The summed E-state index contributed by atoms with van der Waals surface area (Å²) in [6, 6.07) is 19.2. The molecule has 1 heterocycles. The Kier molecular flexibility index (Phi) is 9.61. The molecule has 4 rings (SSSR count). The fraction of sp³-hybridized carbons (Fsp3) is 0.387. The zero-order valence-electron chi connectivity index (χ0n) is 21.0. The van der Waals surface area contributed by atoms with Gasteiger partial charge >= 0.3 is 5.97 Å². The number of benzene rings is 2. The van der Waals surface area contributed by atoms with Gasteiger partial charge in [0.1, 0.15) is 12.4 Å². The van der Waals surface area contributed by atoms with E-state index in [1.165, 1.54) is 43.2 Å². The summed E-state index contributed by atoms with van der Waals surface area (Å²) < 4.78 is 6.06. The third-order valence-electron chi connectivity index (χ3n) is 6.82. The molecule has 2 aromatic carbocycles. The lowest BCUT2D eigenvalue weighted by molar-refractivity contribution is -0.137. The molecular formula is C31H35NO3S. The van der Waals surface area contributed by atoms with Gasteiger partial charge in [0, 0.05) is 19.1 Å². The topological polar surface area (TPSA) is 49.8 Å². The molecule has 1 aliphatic rings. The van der Waals surface area contributed by atoms with Gasteiger partial charge in [-0.25, -0.2) is 0 Å². The second-order valence-corrected chi connectivity index (χ2v) is 10.3. The van der Waals surface area contributed by atoms with E-state index in [-0.39, 0.29) is 12.3 Å². The molecule has 0 unspecified atom stereocenters. The number of hydrogen-bond donors (Lipinski definition) is 1. The highest BCUT2D eigenvalue weighted by Crippen LogP contribution is 2.27. The average molecular weight is 502 g/mol. The maximum absolute atomic E-state index is 11.2. The lowest BCUT2D eigenvalue weighted by Crippen LogP contribution is -2.35. The number of carboxylic acid groups (broad SMARTS) is 1. The Morgan fingerprint density at radius 2 is 1.81 bits per heavy atom. The van der Waals surface area contributed by atoms with Crippen LogP contribution in [0.1, 0.15) is 73.6 Å². The average Bonchev–Trinajstić information content (AvgIpc) is 3.41. The molecule has 1 N–H and O–H groups in total. The van der Waals surface area contributed by atoms with E-state index in [9.17, 15) is 4.79 Å². The van der Waals surface area contributed by atoms with Crippen LogP contribution in [0, 0.1) is 11.8 Å². The predicted octanol–water partition coefficient (Wildman–Crippen LogP) is 7.24. The fourth-order valence-corrected chi connectivity index (χ4v) is 5.65. The summed E-state index contributed by atoms with van der Waals surface area (Å²) in [5, 5.41) is 13.6. The molecule has 5 heteroatoms. The van der Waals surface area contributed by atoms with Crippen LogP contribution >= 0.6 is 11.3 Å². The molecule has 0 bridgehead atoms. The number of rotatable bonds is 11. The van der Waals surface area contributed by atoms with Crippen LogP contribution in [0.5, 0.6) is 5.75 Å². The third-order valence-corrected chi connectivity index (χ3v) is 7.55. The fourth-order valence-electron chi connectivity index (χ4n) is 4.99. The minimum atomic E-state index is -0.847. The minimum absolute atomic E-state index is 0.00186. The molecule has 4 nitrogen and oxygen atoms in total. The molecule has 188 valence electrons. The van der Waals surface area contributed by atoms with E-state index in [1.54, 1.807) is 18.3 Å². The van der Waals surface area contributed by atoms with Crippen LogP contribution in [0.3, 0.4) is 0 Å². The Morgan fingerprint density at radius 3 is 2.50 bits per heavy atom. The van der Waals surface area contributed by atoms with E-state index in [0.29, 0.717) is 12.6 Å². The quantitative estimate of drug-likeness (QED) is 0.281. The predicted molar refractivity (Wildman–Crippen MR) is 146 cm³/mol. The van der Waals surface area contributed by atoms with Gasteiger partial charge in [0.2, 0.25) is 0 Å². The van der Waals surface area contributed by atoms with Gasteiger partial charge < -0.3 is 9.84 Å². The van der Waals surface area contributed by atoms with Crippen LogP contribution in [0.25, 0.3) is 0 Å². The lowest BCUT2D eigenvalue weighted by atomic mass is 9.93. The highest BCUT2D eigenvalue weighted by Gasteiger charge is 2.22. The molecular weight excluding hydrogens is 466 g/mol. The molecule has 3 aromatic rings. The van der Waals surface area contributed by atoms with Crippen molar-refractivity contribution in [1.82, 2.24) is 4.90 Å². The SMILES string of the molecule is CC#C[C@@H](CC(=O)O)c1ccc(OCc2cccc(CN(Cc3ccsc3)C3CCCCC3)c2)cc1. The summed E-state index contributed by atoms with van der Waals surface area (Å²) in [6.07, 6.45) is 6.61. The van der Waals surface area contributed by atoms with Gasteiger partial charge in [-0.05, 0) is 71.0 Å². The Balaban J connectivity index is 1.38. The molecule has 0 radical (unpaired) electrons. The summed E-state index contributed by atoms with van der Waals surface area (Å²) in [4.78, 5) is 13.8. The Hall–Kier alpha value is -3.07. The van der Waals surface area contributed by atoms with Crippen molar-refractivity contribution in [2.45, 2.75) is 77.1 Å². The summed E-state index contributed by atoms with van der Waals surface area (Å²) in [5.74, 6) is 5.44. The normalized spacial score (nSPS) is 14.7. The number of aliphatic carboxylic acids is 1.